The van der Waals surface area contributed by atoms with Crippen molar-refractivity contribution in [1.82, 2.24) is 4.31 Å². The van der Waals surface area contributed by atoms with Gasteiger partial charge in [0.15, 0.2) is 0 Å². The number of sulfonamides is 1. The van der Waals surface area contributed by atoms with Crippen LogP contribution in [0.3, 0.4) is 0 Å². The van der Waals surface area contributed by atoms with Gasteiger partial charge in [-0.05, 0) is 31.4 Å². The van der Waals surface area contributed by atoms with Gasteiger partial charge in [0, 0.05) is 12.6 Å². The van der Waals surface area contributed by atoms with Crippen molar-refractivity contribution in [1.29, 1.82) is 5.26 Å². The van der Waals surface area contributed by atoms with Crippen molar-refractivity contribution in [3.8, 4) is 6.07 Å². The molecular weight excluding hydrogens is 272 g/mol. The molecule has 0 N–H and O–H groups in total. The lowest BCUT2D eigenvalue weighted by Crippen LogP contribution is -2.39. The third-order valence-electron chi connectivity index (χ3n) is 3.83. The van der Waals surface area contributed by atoms with Gasteiger partial charge in [0.2, 0.25) is 10.0 Å². The maximum Gasteiger partial charge on any atom is 0.218 e. The zero-order valence-electron chi connectivity index (χ0n) is 11.7. The first-order chi connectivity index (χ1) is 9.54. The van der Waals surface area contributed by atoms with Crippen molar-refractivity contribution in [3.63, 3.8) is 0 Å². The van der Waals surface area contributed by atoms with Crippen LogP contribution in [0.4, 0.5) is 0 Å². The first-order valence-electron chi connectivity index (χ1n) is 7.02. The zero-order chi connectivity index (χ0) is 14.6. The Hall–Kier alpha value is -1.38. The summed E-state index contributed by atoms with van der Waals surface area (Å²) in [5.41, 5.74) is 1.03. The van der Waals surface area contributed by atoms with Gasteiger partial charge in [-0.1, -0.05) is 31.0 Å². The van der Waals surface area contributed by atoms with Gasteiger partial charge in [0.05, 0.1) is 17.4 Å². The predicted molar refractivity (Wildman–Crippen MR) is 78.4 cm³/mol. The molecule has 0 spiro atoms. The highest BCUT2D eigenvalue weighted by Crippen LogP contribution is 2.23. The van der Waals surface area contributed by atoms with E-state index in [1.165, 1.54) is 0 Å². The molecule has 0 radical (unpaired) electrons. The average molecular weight is 292 g/mol. The van der Waals surface area contributed by atoms with Crippen LogP contribution in [0, 0.1) is 11.3 Å². The fraction of sp³-hybridized carbons (Fsp3) is 0.533. The smallest absolute Gasteiger partial charge is 0.212 e. The van der Waals surface area contributed by atoms with Crippen molar-refractivity contribution in [3.05, 3.63) is 35.4 Å². The second-order valence-corrected chi connectivity index (χ2v) is 7.26. The van der Waals surface area contributed by atoms with Crippen LogP contribution < -0.4 is 0 Å². The Morgan fingerprint density at radius 1 is 1.30 bits per heavy atom. The second-order valence-electron chi connectivity index (χ2n) is 5.33. The Labute approximate surface area is 121 Å². The van der Waals surface area contributed by atoms with E-state index in [1.807, 2.05) is 6.92 Å². The molecule has 1 fully saturated rings. The zero-order valence-corrected chi connectivity index (χ0v) is 12.6. The van der Waals surface area contributed by atoms with E-state index in [4.69, 9.17) is 5.26 Å². The Bertz CT molecular complexity index is 605. The van der Waals surface area contributed by atoms with Crippen LogP contribution in [0.2, 0.25) is 0 Å². The molecular formula is C15H20N2O2S. The summed E-state index contributed by atoms with van der Waals surface area (Å²) in [5, 5.41) is 9.06. The molecule has 0 aliphatic carbocycles. The van der Waals surface area contributed by atoms with Crippen molar-refractivity contribution in [2.45, 2.75) is 44.4 Å². The number of benzene rings is 1. The summed E-state index contributed by atoms with van der Waals surface area (Å²) in [6, 6.07) is 9.03. The minimum Gasteiger partial charge on any atom is -0.212 e. The third kappa shape index (κ3) is 3.38. The summed E-state index contributed by atoms with van der Waals surface area (Å²) >= 11 is 0. The van der Waals surface area contributed by atoms with E-state index in [0.717, 1.165) is 25.7 Å². The maximum atomic E-state index is 12.6. The van der Waals surface area contributed by atoms with Crippen molar-refractivity contribution in [2.24, 2.45) is 0 Å². The number of nitrogens with zero attached hydrogens (tertiary/aromatic N) is 2. The predicted octanol–water partition coefficient (Wildman–Crippen LogP) is 2.65. The lowest BCUT2D eigenvalue weighted by atomic mass is 10.1. The summed E-state index contributed by atoms with van der Waals surface area (Å²) in [4.78, 5) is 0. The van der Waals surface area contributed by atoms with Gasteiger partial charge in [0.25, 0.3) is 0 Å². The fourth-order valence-electron chi connectivity index (χ4n) is 2.70. The molecule has 0 amide bonds. The highest BCUT2D eigenvalue weighted by Gasteiger charge is 2.29. The number of nitriles is 1. The van der Waals surface area contributed by atoms with Gasteiger partial charge in [-0.15, -0.1) is 0 Å². The van der Waals surface area contributed by atoms with E-state index in [-0.39, 0.29) is 11.8 Å². The first kappa shape index (κ1) is 15.0. The fourth-order valence-corrected chi connectivity index (χ4v) is 4.57. The van der Waals surface area contributed by atoms with Crippen molar-refractivity contribution < 1.29 is 8.42 Å². The molecule has 0 saturated carbocycles. The lowest BCUT2D eigenvalue weighted by Gasteiger charge is -2.26. The maximum absolute atomic E-state index is 12.6. The Kier molecular flexibility index (Phi) is 4.79. The molecule has 1 atom stereocenters. The highest BCUT2D eigenvalue weighted by atomic mass is 32.2. The Morgan fingerprint density at radius 2 is 2.05 bits per heavy atom. The van der Waals surface area contributed by atoms with E-state index < -0.39 is 10.0 Å². The van der Waals surface area contributed by atoms with Crippen LogP contribution in [0.1, 0.15) is 43.7 Å². The molecule has 4 nitrogen and oxygen atoms in total. The summed E-state index contributed by atoms with van der Waals surface area (Å²) in [5.74, 6) is -0.0823. The van der Waals surface area contributed by atoms with Gasteiger partial charge in [-0.25, -0.2) is 8.42 Å². The minimum absolute atomic E-state index is 0.0525. The SMILES string of the molecule is CC1CCCCCN1S(=O)(=O)Cc1ccccc1C#N. The van der Waals surface area contributed by atoms with Crippen molar-refractivity contribution in [2.75, 3.05) is 6.54 Å². The largest absolute Gasteiger partial charge is 0.218 e. The standard InChI is InChI=1S/C15H20N2O2S/c1-13-7-3-2-6-10-17(13)20(18,19)12-15-9-5-4-8-14(15)11-16/h4-5,8-9,13H,2-3,6-7,10,12H2,1H3. The molecule has 1 saturated heterocycles. The van der Waals surface area contributed by atoms with Gasteiger partial charge < -0.3 is 0 Å². The van der Waals surface area contributed by atoms with Crippen LogP contribution in [0.5, 0.6) is 0 Å². The molecule has 108 valence electrons. The molecule has 1 aliphatic heterocycles. The van der Waals surface area contributed by atoms with Gasteiger partial charge >= 0.3 is 0 Å². The van der Waals surface area contributed by atoms with Crippen LogP contribution in [-0.4, -0.2) is 25.3 Å². The third-order valence-corrected chi connectivity index (χ3v) is 5.76. The molecule has 0 bridgehead atoms. The van der Waals surface area contributed by atoms with Crippen LogP contribution >= 0.6 is 0 Å². The quantitative estimate of drug-likeness (QED) is 0.860. The summed E-state index contributed by atoms with van der Waals surface area (Å²) in [7, 11) is -3.36. The van der Waals surface area contributed by atoms with Crippen LogP contribution in [-0.2, 0) is 15.8 Å². The van der Waals surface area contributed by atoms with E-state index in [0.29, 0.717) is 17.7 Å². The molecule has 1 unspecified atom stereocenters. The monoisotopic (exact) mass is 292 g/mol. The highest BCUT2D eigenvalue weighted by molar-refractivity contribution is 7.88. The van der Waals surface area contributed by atoms with Crippen LogP contribution in [0.25, 0.3) is 0 Å². The van der Waals surface area contributed by atoms with E-state index in [1.54, 1.807) is 28.6 Å². The molecule has 20 heavy (non-hydrogen) atoms. The van der Waals surface area contributed by atoms with Crippen LogP contribution in [0.15, 0.2) is 24.3 Å². The molecule has 1 heterocycles. The van der Waals surface area contributed by atoms with E-state index in [2.05, 4.69) is 6.07 Å². The average Bonchev–Trinajstić information content (AvgIpc) is 2.64. The molecule has 1 aromatic rings. The van der Waals surface area contributed by atoms with Gasteiger partial charge in [-0.2, -0.15) is 9.57 Å². The Morgan fingerprint density at radius 3 is 2.80 bits per heavy atom. The number of hydrogen-bond donors (Lipinski definition) is 0. The first-order valence-corrected chi connectivity index (χ1v) is 8.63. The molecule has 1 aromatic carbocycles. The van der Waals surface area contributed by atoms with Gasteiger partial charge in [0.1, 0.15) is 0 Å². The Balaban J connectivity index is 2.24. The summed E-state index contributed by atoms with van der Waals surface area (Å²) in [6.45, 7) is 2.57. The molecule has 0 aromatic heterocycles. The molecule has 1 aliphatic rings. The van der Waals surface area contributed by atoms with Gasteiger partial charge in [-0.3, -0.25) is 0 Å². The van der Waals surface area contributed by atoms with E-state index in [9.17, 15) is 8.42 Å². The topological polar surface area (TPSA) is 61.2 Å². The second kappa shape index (κ2) is 6.38. The summed E-state index contributed by atoms with van der Waals surface area (Å²) in [6.07, 6.45) is 4.01. The number of rotatable bonds is 3. The van der Waals surface area contributed by atoms with Crippen molar-refractivity contribution >= 4 is 10.0 Å². The molecule has 2 rings (SSSR count). The summed E-state index contributed by atoms with van der Waals surface area (Å²) < 4.78 is 26.8. The lowest BCUT2D eigenvalue weighted by molar-refractivity contribution is 0.341. The minimum atomic E-state index is -3.36. The normalized spacial score (nSPS) is 21.1. The number of hydrogen-bond acceptors (Lipinski definition) is 3. The molecule has 5 heteroatoms. The van der Waals surface area contributed by atoms with E-state index >= 15 is 0 Å².